The van der Waals surface area contributed by atoms with E-state index in [1.165, 1.54) is 60.6 Å². The summed E-state index contributed by atoms with van der Waals surface area (Å²) in [4.78, 5) is 3.45. The van der Waals surface area contributed by atoms with Crippen LogP contribution in [0.4, 0.5) is 0 Å². The van der Waals surface area contributed by atoms with Gasteiger partial charge in [0.2, 0.25) is 0 Å². The van der Waals surface area contributed by atoms with Crippen LogP contribution in [0.1, 0.15) is 33.7 Å². The van der Waals surface area contributed by atoms with E-state index in [1.54, 1.807) is 0 Å². The number of aryl methyl sites for hydroxylation is 2. The largest absolute Gasteiger partial charge is 0.361 e. The Labute approximate surface area is 171 Å². The third-order valence-electron chi connectivity index (χ3n) is 6.81. The number of hydrogen-bond acceptors (Lipinski definition) is 0. The van der Waals surface area contributed by atoms with Gasteiger partial charge in [-0.2, -0.15) is 0 Å². The first-order chi connectivity index (χ1) is 14.2. The third kappa shape index (κ3) is 2.34. The molecule has 29 heavy (non-hydrogen) atoms. The minimum Gasteiger partial charge on any atom is -0.361 e. The van der Waals surface area contributed by atoms with Gasteiger partial charge in [0.05, 0.1) is 0 Å². The third-order valence-corrected chi connectivity index (χ3v) is 6.81. The maximum Gasteiger partial charge on any atom is 0.0462 e. The number of aromatic amines is 1. The average molecular weight is 373 g/mol. The zero-order valence-electron chi connectivity index (χ0n) is 16.8. The number of aromatic nitrogens is 1. The highest BCUT2D eigenvalue weighted by molar-refractivity contribution is 6.03. The van der Waals surface area contributed by atoms with Crippen molar-refractivity contribution >= 4 is 21.7 Å². The standard InChI is InChI=1S/C28H23N/c1-17-14-25-18(2)19-12-7-13-29-28(19)16-27(25)24(17)15-26-22-10-5-3-8-20(22)21-9-4-6-11-23(21)26/h3-14,16,26,29H,15H2,1-2H3. The van der Waals surface area contributed by atoms with Crippen LogP contribution in [0.2, 0.25) is 0 Å². The molecule has 4 aromatic carbocycles. The number of rotatable bonds is 2. The van der Waals surface area contributed by atoms with Crippen LogP contribution in [0.15, 0.2) is 79.0 Å². The van der Waals surface area contributed by atoms with Gasteiger partial charge in [0.1, 0.15) is 0 Å². The summed E-state index contributed by atoms with van der Waals surface area (Å²) in [5.74, 6) is 0.419. The molecule has 0 fully saturated rings. The topological polar surface area (TPSA) is 15.8 Å². The predicted molar refractivity (Wildman–Crippen MR) is 123 cm³/mol. The quantitative estimate of drug-likeness (QED) is 0.334. The fraction of sp³-hybridized carbons (Fsp3) is 0.143. The molecule has 0 radical (unpaired) electrons. The maximum atomic E-state index is 3.45. The SMILES string of the molecule is Cc1cc2c(C)c3ccc[nH]c3cc2c1CC1c2ccccc2-c2ccccc21. The summed E-state index contributed by atoms with van der Waals surface area (Å²) in [7, 11) is 0. The molecule has 0 saturated heterocycles. The number of nitrogens with one attached hydrogen (secondary N) is 1. The summed E-state index contributed by atoms with van der Waals surface area (Å²) in [5.41, 5.74) is 11.2. The van der Waals surface area contributed by atoms with Crippen molar-refractivity contribution in [2.45, 2.75) is 26.2 Å². The van der Waals surface area contributed by atoms with Gasteiger partial charge in [0.15, 0.2) is 0 Å². The first kappa shape index (κ1) is 16.6. The van der Waals surface area contributed by atoms with Crippen LogP contribution >= 0.6 is 0 Å². The zero-order chi connectivity index (χ0) is 19.5. The van der Waals surface area contributed by atoms with Gasteiger partial charge in [-0.1, -0.05) is 60.7 Å². The van der Waals surface area contributed by atoms with E-state index in [9.17, 15) is 0 Å². The van der Waals surface area contributed by atoms with E-state index < -0.39 is 0 Å². The summed E-state index contributed by atoms with van der Waals surface area (Å²) in [6, 6.07) is 26.9. The van der Waals surface area contributed by atoms with Crippen molar-refractivity contribution in [1.29, 1.82) is 0 Å². The van der Waals surface area contributed by atoms with Crippen molar-refractivity contribution in [1.82, 2.24) is 4.98 Å². The minimum absolute atomic E-state index is 0.419. The van der Waals surface area contributed by atoms with Gasteiger partial charge in [-0.15, -0.1) is 0 Å². The smallest absolute Gasteiger partial charge is 0.0462 e. The van der Waals surface area contributed by atoms with Gasteiger partial charge in [0, 0.05) is 23.0 Å². The van der Waals surface area contributed by atoms with Gasteiger partial charge in [0.25, 0.3) is 0 Å². The first-order valence-electron chi connectivity index (χ1n) is 10.4. The lowest BCUT2D eigenvalue weighted by Crippen LogP contribution is -2.02. The molecule has 1 heteroatoms. The Hall–Kier alpha value is -3.32. The Morgan fingerprint density at radius 1 is 0.724 bits per heavy atom. The second kappa shape index (κ2) is 6.09. The molecule has 1 aromatic heterocycles. The van der Waals surface area contributed by atoms with E-state index >= 15 is 0 Å². The molecule has 0 atom stereocenters. The van der Waals surface area contributed by atoms with Crippen LogP contribution in [0.5, 0.6) is 0 Å². The van der Waals surface area contributed by atoms with E-state index in [2.05, 4.69) is 91.6 Å². The molecule has 0 bridgehead atoms. The lowest BCUT2D eigenvalue weighted by molar-refractivity contribution is 0.829. The normalized spacial score (nSPS) is 13.2. The molecule has 1 heterocycles. The van der Waals surface area contributed by atoms with Gasteiger partial charge < -0.3 is 4.98 Å². The van der Waals surface area contributed by atoms with Crippen molar-refractivity contribution in [3.63, 3.8) is 0 Å². The summed E-state index contributed by atoms with van der Waals surface area (Å²) in [6.45, 7) is 4.53. The summed E-state index contributed by atoms with van der Waals surface area (Å²) >= 11 is 0. The minimum atomic E-state index is 0.419. The van der Waals surface area contributed by atoms with Gasteiger partial charge in [-0.25, -0.2) is 0 Å². The van der Waals surface area contributed by atoms with Crippen molar-refractivity contribution in [3.05, 3.63) is 107 Å². The molecule has 0 unspecified atom stereocenters. The van der Waals surface area contributed by atoms with E-state index in [0.29, 0.717) is 5.92 Å². The first-order valence-corrected chi connectivity index (χ1v) is 10.4. The van der Waals surface area contributed by atoms with Crippen molar-refractivity contribution < 1.29 is 0 Å². The van der Waals surface area contributed by atoms with Crippen LogP contribution in [0, 0.1) is 13.8 Å². The lowest BCUT2D eigenvalue weighted by Gasteiger charge is -2.15. The van der Waals surface area contributed by atoms with Crippen LogP contribution in [-0.2, 0) is 6.42 Å². The average Bonchev–Trinajstić information content (AvgIpc) is 3.24. The Morgan fingerprint density at radius 3 is 2.14 bits per heavy atom. The fourth-order valence-corrected chi connectivity index (χ4v) is 5.37. The molecule has 140 valence electrons. The van der Waals surface area contributed by atoms with Crippen LogP contribution < -0.4 is 0 Å². The van der Waals surface area contributed by atoms with Gasteiger partial charge >= 0.3 is 0 Å². The molecule has 1 N–H and O–H groups in total. The zero-order valence-corrected chi connectivity index (χ0v) is 16.8. The van der Waals surface area contributed by atoms with Gasteiger partial charge in [-0.3, -0.25) is 0 Å². The summed E-state index contributed by atoms with van der Waals surface area (Å²) < 4.78 is 0. The molecule has 0 spiro atoms. The Balaban J connectivity index is 1.56. The van der Waals surface area contributed by atoms with E-state index in [1.807, 2.05) is 6.20 Å². The molecule has 6 rings (SSSR count). The number of fused-ring (bicyclic) bond motifs is 5. The second-order valence-electron chi connectivity index (χ2n) is 8.33. The second-order valence-corrected chi connectivity index (χ2v) is 8.33. The Morgan fingerprint density at radius 2 is 1.41 bits per heavy atom. The molecule has 0 saturated carbocycles. The summed E-state index contributed by atoms with van der Waals surface area (Å²) in [5, 5.41) is 4.11. The molecule has 1 aliphatic carbocycles. The fourth-order valence-electron chi connectivity index (χ4n) is 5.37. The Bertz CT molecular complexity index is 1360. The monoisotopic (exact) mass is 373 g/mol. The van der Waals surface area contributed by atoms with Crippen molar-refractivity contribution in [2.24, 2.45) is 0 Å². The highest BCUT2D eigenvalue weighted by atomic mass is 14.6. The Kier molecular flexibility index (Phi) is 3.49. The van der Waals surface area contributed by atoms with E-state index in [-0.39, 0.29) is 0 Å². The highest BCUT2D eigenvalue weighted by Crippen LogP contribution is 2.47. The molecule has 5 aromatic rings. The molecule has 1 nitrogen and oxygen atoms in total. The number of hydrogen-bond donors (Lipinski definition) is 1. The van der Waals surface area contributed by atoms with E-state index in [4.69, 9.17) is 0 Å². The molecule has 1 aliphatic rings. The lowest BCUT2D eigenvalue weighted by atomic mass is 9.88. The predicted octanol–water partition coefficient (Wildman–Crippen LogP) is 7.29. The molecular weight excluding hydrogens is 350 g/mol. The summed E-state index contributed by atoms with van der Waals surface area (Å²) in [6.07, 6.45) is 3.06. The van der Waals surface area contributed by atoms with Crippen LogP contribution in [0.25, 0.3) is 32.8 Å². The van der Waals surface area contributed by atoms with Crippen molar-refractivity contribution in [2.75, 3.05) is 0 Å². The van der Waals surface area contributed by atoms with Crippen LogP contribution in [0.3, 0.4) is 0 Å². The van der Waals surface area contributed by atoms with Gasteiger partial charge in [-0.05, 0) is 82.1 Å². The number of pyridine rings is 1. The highest BCUT2D eigenvalue weighted by Gasteiger charge is 2.29. The number of H-pyrrole nitrogens is 1. The molecule has 0 amide bonds. The molecular formula is C28H23N. The molecule has 0 aliphatic heterocycles. The van der Waals surface area contributed by atoms with E-state index in [0.717, 1.165) is 6.42 Å². The van der Waals surface area contributed by atoms with Crippen molar-refractivity contribution in [3.8, 4) is 11.1 Å². The number of benzene rings is 3. The maximum absolute atomic E-state index is 3.45. The van der Waals surface area contributed by atoms with Crippen LogP contribution in [-0.4, -0.2) is 4.98 Å².